The molecule has 222 valence electrons. The summed E-state index contributed by atoms with van der Waals surface area (Å²) in [6, 6.07) is 12.8. The molecule has 0 radical (unpaired) electrons. The molecule has 4 N–H and O–H groups in total. The summed E-state index contributed by atoms with van der Waals surface area (Å²) in [5.41, 5.74) is 4.24. The number of hydrogen-bond donors (Lipinski definition) is 2. The Bertz CT molecular complexity index is 1400. The fourth-order valence-electron chi connectivity index (χ4n) is 4.65. The van der Waals surface area contributed by atoms with Crippen molar-refractivity contribution in [3.05, 3.63) is 104 Å². The molecule has 0 spiro atoms. The standard InChI is InChI=1S/C22H26F5N5O.C7H7F/c1-13(19(28)20(23)24)32(29)18-11-16(14-7-3-2-4-8-14)21(33)31(30-18)12-15-9-5-6-10-17(15)22(25,26)27;1-6-3-2-4-7(8)5-6/h5-6,9-11,14,20H,2-4,7-8,12,28-29H2,1H3;2-5H,1H3/b19-13-;. The number of allylic oxidation sites excluding steroid dienone is 2. The van der Waals surface area contributed by atoms with Gasteiger partial charge in [-0.1, -0.05) is 49.6 Å². The van der Waals surface area contributed by atoms with Crippen molar-refractivity contribution in [3.63, 3.8) is 0 Å². The summed E-state index contributed by atoms with van der Waals surface area (Å²) in [7, 11) is 0. The van der Waals surface area contributed by atoms with Gasteiger partial charge in [-0.15, -0.1) is 5.10 Å². The van der Waals surface area contributed by atoms with E-state index < -0.39 is 36.0 Å². The molecule has 0 amide bonds. The Labute approximate surface area is 234 Å². The Morgan fingerprint density at radius 2 is 1.73 bits per heavy atom. The van der Waals surface area contributed by atoms with E-state index in [0.29, 0.717) is 5.56 Å². The number of benzene rings is 2. The average Bonchev–Trinajstić information content (AvgIpc) is 2.93. The number of nitrogens with two attached hydrogens (primary N) is 2. The molecular weight excluding hydrogens is 548 g/mol. The van der Waals surface area contributed by atoms with Crippen LogP contribution in [0.5, 0.6) is 0 Å². The fraction of sp³-hybridized carbons (Fsp3) is 0.379. The van der Waals surface area contributed by atoms with Crippen molar-refractivity contribution in [1.29, 1.82) is 0 Å². The summed E-state index contributed by atoms with van der Waals surface area (Å²) in [5, 5.41) is 4.94. The highest BCUT2D eigenvalue weighted by Crippen LogP contribution is 2.34. The first kappa shape index (κ1) is 31.7. The van der Waals surface area contributed by atoms with Crippen LogP contribution in [0.3, 0.4) is 0 Å². The molecular formula is C29H33F6N5O. The first-order chi connectivity index (χ1) is 19.3. The van der Waals surface area contributed by atoms with Gasteiger partial charge in [-0.05, 0) is 68.0 Å². The second kappa shape index (κ2) is 13.7. The maximum Gasteiger partial charge on any atom is 0.416 e. The molecule has 1 saturated carbocycles. The molecule has 2 aromatic carbocycles. The third-order valence-corrected chi connectivity index (χ3v) is 6.92. The van der Waals surface area contributed by atoms with Gasteiger partial charge >= 0.3 is 6.18 Å². The van der Waals surface area contributed by atoms with Crippen molar-refractivity contribution in [2.45, 2.75) is 71.0 Å². The van der Waals surface area contributed by atoms with E-state index in [1.165, 1.54) is 43.3 Å². The van der Waals surface area contributed by atoms with E-state index in [-0.39, 0.29) is 28.8 Å². The molecule has 12 heteroatoms. The summed E-state index contributed by atoms with van der Waals surface area (Å²) in [6.45, 7) is 2.68. The molecule has 0 aliphatic heterocycles. The Kier molecular flexibility index (Phi) is 10.6. The van der Waals surface area contributed by atoms with Crippen LogP contribution in [0.25, 0.3) is 0 Å². The van der Waals surface area contributed by atoms with Crippen LogP contribution < -0.4 is 22.1 Å². The van der Waals surface area contributed by atoms with Crippen LogP contribution in [0, 0.1) is 12.7 Å². The molecule has 3 aromatic rings. The maximum absolute atomic E-state index is 13.5. The van der Waals surface area contributed by atoms with Gasteiger partial charge in [-0.25, -0.2) is 23.7 Å². The van der Waals surface area contributed by atoms with Gasteiger partial charge in [0.05, 0.1) is 23.5 Å². The quantitative estimate of drug-likeness (QED) is 0.194. The number of hydrazine groups is 1. The number of halogens is 6. The van der Waals surface area contributed by atoms with Crippen LogP contribution >= 0.6 is 0 Å². The van der Waals surface area contributed by atoms with Gasteiger partial charge in [0.2, 0.25) is 0 Å². The lowest BCUT2D eigenvalue weighted by atomic mass is 9.85. The molecule has 4 rings (SSSR count). The molecule has 6 nitrogen and oxygen atoms in total. The lowest BCUT2D eigenvalue weighted by Crippen LogP contribution is -2.37. The molecule has 0 unspecified atom stereocenters. The molecule has 1 heterocycles. The van der Waals surface area contributed by atoms with E-state index in [1.54, 1.807) is 6.07 Å². The van der Waals surface area contributed by atoms with Crippen molar-refractivity contribution < 1.29 is 26.3 Å². The minimum absolute atomic E-state index is 0.0548. The molecule has 41 heavy (non-hydrogen) atoms. The van der Waals surface area contributed by atoms with E-state index in [9.17, 15) is 31.1 Å². The van der Waals surface area contributed by atoms with Crippen LogP contribution in [0.4, 0.5) is 32.2 Å². The topological polar surface area (TPSA) is 90.2 Å². The lowest BCUT2D eigenvalue weighted by Gasteiger charge is -2.25. The van der Waals surface area contributed by atoms with E-state index in [4.69, 9.17) is 11.6 Å². The van der Waals surface area contributed by atoms with Gasteiger partial charge in [0.1, 0.15) is 5.82 Å². The van der Waals surface area contributed by atoms with Crippen molar-refractivity contribution in [1.82, 2.24) is 9.78 Å². The first-order valence-electron chi connectivity index (χ1n) is 13.1. The molecule has 0 saturated heterocycles. The van der Waals surface area contributed by atoms with E-state index >= 15 is 0 Å². The Hall–Kier alpha value is -3.80. The second-order valence-corrected chi connectivity index (χ2v) is 9.92. The van der Waals surface area contributed by atoms with Crippen molar-refractivity contribution in [2.75, 3.05) is 5.01 Å². The van der Waals surface area contributed by atoms with Gasteiger partial charge in [-0.3, -0.25) is 9.80 Å². The zero-order chi connectivity index (χ0) is 30.3. The third-order valence-electron chi connectivity index (χ3n) is 6.92. The number of aryl methyl sites for hydroxylation is 1. The molecule has 1 aliphatic rings. The minimum atomic E-state index is -4.62. The van der Waals surface area contributed by atoms with Gasteiger partial charge in [0, 0.05) is 5.56 Å². The highest BCUT2D eigenvalue weighted by molar-refractivity contribution is 5.46. The number of rotatable bonds is 6. The SMILES string of the molecule is C/C(=C(/N)C(F)F)N(N)c1cc(C2CCCCC2)c(=O)n(Cc2ccccc2C(F)(F)F)n1.Cc1cccc(F)c1. The Balaban J connectivity index is 0.000000496. The molecule has 1 aromatic heterocycles. The average molecular weight is 582 g/mol. The summed E-state index contributed by atoms with van der Waals surface area (Å²) in [4.78, 5) is 13.2. The van der Waals surface area contributed by atoms with Crippen LogP contribution in [0.2, 0.25) is 0 Å². The van der Waals surface area contributed by atoms with Crippen LogP contribution in [-0.4, -0.2) is 16.2 Å². The number of anilines is 1. The van der Waals surface area contributed by atoms with Gasteiger partial charge < -0.3 is 5.73 Å². The Morgan fingerprint density at radius 3 is 2.29 bits per heavy atom. The van der Waals surface area contributed by atoms with E-state index in [0.717, 1.165) is 53.4 Å². The number of nitrogens with zero attached hydrogens (tertiary/aromatic N) is 3. The summed E-state index contributed by atoms with van der Waals surface area (Å²) in [5.74, 6) is 5.65. The summed E-state index contributed by atoms with van der Waals surface area (Å²) < 4.78 is 79.6. The monoisotopic (exact) mass is 581 g/mol. The van der Waals surface area contributed by atoms with Crippen molar-refractivity contribution in [3.8, 4) is 0 Å². The normalized spacial score (nSPS) is 14.8. The van der Waals surface area contributed by atoms with E-state index in [2.05, 4.69) is 5.10 Å². The van der Waals surface area contributed by atoms with Gasteiger partial charge in [0.25, 0.3) is 12.0 Å². The minimum Gasteiger partial charge on any atom is -0.396 e. The largest absolute Gasteiger partial charge is 0.416 e. The highest BCUT2D eigenvalue weighted by atomic mass is 19.4. The van der Waals surface area contributed by atoms with Gasteiger partial charge in [-0.2, -0.15) is 13.2 Å². The smallest absolute Gasteiger partial charge is 0.396 e. The summed E-state index contributed by atoms with van der Waals surface area (Å²) >= 11 is 0. The summed E-state index contributed by atoms with van der Waals surface area (Å²) in [6.07, 6.45) is -3.28. The van der Waals surface area contributed by atoms with Crippen LogP contribution in [0.15, 0.2) is 70.8 Å². The predicted molar refractivity (Wildman–Crippen MR) is 146 cm³/mol. The van der Waals surface area contributed by atoms with Crippen LogP contribution in [-0.2, 0) is 12.7 Å². The first-order valence-corrected chi connectivity index (χ1v) is 13.1. The van der Waals surface area contributed by atoms with Gasteiger partial charge in [0.15, 0.2) is 5.82 Å². The third kappa shape index (κ3) is 8.35. The zero-order valence-corrected chi connectivity index (χ0v) is 22.8. The second-order valence-electron chi connectivity index (χ2n) is 9.92. The number of hydrogen-bond acceptors (Lipinski definition) is 5. The maximum atomic E-state index is 13.5. The van der Waals surface area contributed by atoms with Crippen molar-refractivity contribution >= 4 is 5.82 Å². The predicted octanol–water partition coefficient (Wildman–Crippen LogP) is 6.63. The Morgan fingerprint density at radius 1 is 1.07 bits per heavy atom. The van der Waals surface area contributed by atoms with E-state index in [1.807, 2.05) is 13.0 Å². The van der Waals surface area contributed by atoms with Crippen molar-refractivity contribution in [2.24, 2.45) is 11.6 Å². The molecule has 1 fully saturated rings. The molecule has 0 bridgehead atoms. The lowest BCUT2D eigenvalue weighted by molar-refractivity contribution is -0.138. The zero-order valence-electron chi connectivity index (χ0n) is 22.8. The fourth-order valence-corrected chi connectivity index (χ4v) is 4.65. The van der Waals surface area contributed by atoms with Crippen LogP contribution in [0.1, 0.15) is 67.2 Å². The molecule has 0 atom stereocenters. The number of aromatic nitrogens is 2. The number of alkyl halides is 5. The highest BCUT2D eigenvalue weighted by Gasteiger charge is 2.33. The molecule has 1 aliphatic carbocycles.